The molecule has 0 saturated carbocycles. The van der Waals surface area contributed by atoms with E-state index in [-0.39, 0.29) is 12.6 Å². The highest BCUT2D eigenvalue weighted by molar-refractivity contribution is 5.70. The number of hydrogen-bond donors (Lipinski definition) is 2. The molecule has 84 valence electrons. The fourth-order valence-corrected chi connectivity index (χ4v) is 1.01. The number of urea groups is 1. The van der Waals surface area contributed by atoms with Crippen molar-refractivity contribution in [3.63, 3.8) is 0 Å². The number of carbonyl (C=O) groups excluding carboxylic acids is 1. The zero-order valence-electron chi connectivity index (χ0n) is 8.42. The molecule has 3 N–H and O–H groups in total. The van der Waals surface area contributed by atoms with Gasteiger partial charge < -0.3 is 14.9 Å². The van der Waals surface area contributed by atoms with E-state index in [1.54, 1.807) is 25.3 Å². The lowest BCUT2D eigenvalue weighted by Gasteiger charge is -2.17. The van der Waals surface area contributed by atoms with Gasteiger partial charge in [0.1, 0.15) is 12.4 Å². The van der Waals surface area contributed by atoms with Crippen LogP contribution >= 0.6 is 0 Å². The molecule has 0 saturated heterocycles. The number of carbonyl (C=O) groups is 1. The molecule has 0 fully saturated rings. The van der Waals surface area contributed by atoms with Crippen molar-refractivity contribution in [3.8, 4) is 0 Å². The summed E-state index contributed by atoms with van der Waals surface area (Å²) in [7, 11) is 0. The molecule has 0 aliphatic carbocycles. The van der Waals surface area contributed by atoms with E-state index in [1.807, 2.05) is 0 Å². The molecular weight excluding hydrogens is 200 g/mol. The fraction of sp³-hybridized carbons (Fsp3) is 0.444. The molecule has 0 spiro atoms. The number of hydroxylamine groups is 2. The summed E-state index contributed by atoms with van der Waals surface area (Å²) in [5.74, 6) is 0.686. The predicted octanol–water partition coefficient (Wildman–Crippen LogP) is 0.955. The average Bonchev–Trinajstić information content (AvgIpc) is 2.66. The smallest absolute Gasteiger partial charge is 0.338 e. The third-order valence-corrected chi connectivity index (χ3v) is 1.77. The van der Waals surface area contributed by atoms with Gasteiger partial charge in [-0.25, -0.2) is 9.86 Å². The van der Waals surface area contributed by atoms with Crippen molar-refractivity contribution in [1.29, 1.82) is 0 Å². The average molecular weight is 214 g/mol. The second-order valence-corrected chi connectivity index (χ2v) is 3.12. The first-order valence-corrected chi connectivity index (χ1v) is 4.49. The van der Waals surface area contributed by atoms with Crippen molar-refractivity contribution in [2.45, 2.75) is 19.6 Å². The maximum absolute atomic E-state index is 10.5. The van der Waals surface area contributed by atoms with Crippen molar-refractivity contribution in [2.24, 2.45) is 5.73 Å². The van der Waals surface area contributed by atoms with Crippen molar-refractivity contribution in [1.82, 2.24) is 5.06 Å². The summed E-state index contributed by atoms with van der Waals surface area (Å²) in [6.45, 7) is 2.03. The quantitative estimate of drug-likeness (QED) is 0.564. The summed E-state index contributed by atoms with van der Waals surface area (Å²) in [5, 5.41) is 9.42. The highest BCUT2D eigenvalue weighted by Crippen LogP contribution is 2.04. The van der Waals surface area contributed by atoms with Crippen LogP contribution in [0.25, 0.3) is 0 Å². The minimum absolute atomic E-state index is 0.0239. The van der Waals surface area contributed by atoms with Gasteiger partial charge in [-0.2, -0.15) is 0 Å². The molecule has 15 heavy (non-hydrogen) atoms. The normalized spacial score (nSPS) is 12.4. The molecule has 1 rings (SSSR count). The van der Waals surface area contributed by atoms with Crippen LogP contribution in [-0.4, -0.2) is 29.0 Å². The second-order valence-electron chi connectivity index (χ2n) is 3.12. The van der Waals surface area contributed by atoms with Crippen molar-refractivity contribution in [3.05, 3.63) is 24.2 Å². The van der Waals surface area contributed by atoms with Gasteiger partial charge in [-0.1, -0.05) is 0 Å². The van der Waals surface area contributed by atoms with Crippen molar-refractivity contribution in [2.75, 3.05) is 6.54 Å². The Kier molecular flexibility index (Phi) is 4.14. The van der Waals surface area contributed by atoms with Crippen LogP contribution in [-0.2, 0) is 11.3 Å². The van der Waals surface area contributed by atoms with Gasteiger partial charge in [-0.05, 0) is 19.1 Å². The number of rotatable bonds is 5. The summed E-state index contributed by atoms with van der Waals surface area (Å²) in [5.41, 5.74) is 4.84. The molecule has 0 radical (unpaired) electrons. The van der Waals surface area contributed by atoms with Crippen LogP contribution in [0.5, 0.6) is 0 Å². The molecule has 1 aromatic rings. The number of nitrogens with zero attached hydrogens (tertiary/aromatic N) is 1. The predicted molar refractivity (Wildman–Crippen MR) is 51.0 cm³/mol. The minimum atomic E-state index is -0.900. The van der Waals surface area contributed by atoms with E-state index in [0.29, 0.717) is 17.4 Å². The molecular formula is C9H14N2O4. The van der Waals surface area contributed by atoms with Gasteiger partial charge in [-0.3, -0.25) is 5.21 Å². The maximum Gasteiger partial charge on any atom is 0.338 e. The Bertz CT molecular complexity index is 299. The Labute approximate surface area is 87.2 Å². The number of ether oxygens (including phenoxy) is 1. The number of primary amides is 1. The van der Waals surface area contributed by atoms with E-state index in [9.17, 15) is 4.79 Å². The maximum atomic E-state index is 10.5. The van der Waals surface area contributed by atoms with Gasteiger partial charge >= 0.3 is 6.03 Å². The Hall–Kier alpha value is -1.53. The standard InChI is InChI=1S/C9H14N2O4/c1-7(5-11(13)9(10)12)15-6-8-3-2-4-14-8/h2-4,7,13H,5-6H2,1H3,(H2,10,12). The summed E-state index contributed by atoms with van der Waals surface area (Å²) >= 11 is 0. The number of furan rings is 1. The van der Waals surface area contributed by atoms with Crippen molar-refractivity contribution >= 4 is 6.03 Å². The first-order valence-electron chi connectivity index (χ1n) is 4.49. The molecule has 0 bridgehead atoms. The van der Waals surface area contributed by atoms with E-state index in [1.165, 1.54) is 0 Å². The molecule has 0 aromatic carbocycles. The van der Waals surface area contributed by atoms with E-state index >= 15 is 0 Å². The highest BCUT2D eigenvalue weighted by Gasteiger charge is 2.11. The lowest BCUT2D eigenvalue weighted by atomic mass is 10.4. The molecule has 1 unspecified atom stereocenters. The molecule has 6 nitrogen and oxygen atoms in total. The van der Waals surface area contributed by atoms with Gasteiger partial charge in [0.25, 0.3) is 0 Å². The summed E-state index contributed by atoms with van der Waals surface area (Å²) in [6, 6.07) is 2.63. The molecule has 1 aromatic heterocycles. The van der Waals surface area contributed by atoms with Crippen LogP contribution in [0.1, 0.15) is 12.7 Å². The van der Waals surface area contributed by atoms with Crippen LogP contribution in [0.3, 0.4) is 0 Å². The highest BCUT2D eigenvalue weighted by atomic mass is 16.5. The Morgan fingerprint density at radius 3 is 3.07 bits per heavy atom. The Morgan fingerprint density at radius 2 is 2.53 bits per heavy atom. The molecule has 1 heterocycles. The third-order valence-electron chi connectivity index (χ3n) is 1.77. The van der Waals surface area contributed by atoms with E-state index in [0.717, 1.165) is 0 Å². The summed E-state index contributed by atoms with van der Waals surface area (Å²) in [4.78, 5) is 10.5. The van der Waals surface area contributed by atoms with Gasteiger partial charge in [0.2, 0.25) is 0 Å². The number of nitrogens with two attached hydrogens (primary N) is 1. The largest absolute Gasteiger partial charge is 0.467 e. The zero-order valence-corrected chi connectivity index (χ0v) is 8.42. The van der Waals surface area contributed by atoms with E-state index < -0.39 is 6.03 Å². The van der Waals surface area contributed by atoms with Gasteiger partial charge in [0.05, 0.1) is 18.9 Å². The molecule has 0 aliphatic rings. The molecule has 0 aliphatic heterocycles. The van der Waals surface area contributed by atoms with Crippen LogP contribution in [0, 0.1) is 0 Å². The fourth-order valence-electron chi connectivity index (χ4n) is 1.01. The number of hydrogen-bond acceptors (Lipinski definition) is 4. The SMILES string of the molecule is CC(CN(O)C(N)=O)OCc1ccco1. The van der Waals surface area contributed by atoms with Crippen LogP contribution < -0.4 is 5.73 Å². The first kappa shape index (κ1) is 11.5. The lowest BCUT2D eigenvalue weighted by Crippen LogP contribution is -2.38. The van der Waals surface area contributed by atoms with E-state index in [2.05, 4.69) is 0 Å². The van der Waals surface area contributed by atoms with Crippen LogP contribution in [0.15, 0.2) is 22.8 Å². The number of amides is 2. The monoisotopic (exact) mass is 214 g/mol. The first-order chi connectivity index (χ1) is 7.09. The van der Waals surface area contributed by atoms with Gasteiger partial charge in [0, 0.05) is 0 Å². The van der Waals surface area contributed by atoms with E-state index in [4.69, 9.17) is 20.1 Å². The molecule has 1 atom stereocenters. The second kappa shape index (κ2) is 5.38. The Balaban J connectivity index is 2.24. The van der Waals surface area contributed by atoms with Crippen molar-refractivity contribution < 1.29 is 19.2 Å². The Morgan fingerprint density at radius 1 is 1.80 bits per heavy atom. The third kappa shape index (κ3) is 4.01. The summed E-state index contributed by atoms with van der Waals surface area (Å²) in [6.07, 6.45) is 1.22. The van der Waals surface area contributed by atoms with Crippen LogP contribution in [0.2, 0.25) is 0 Å². The van der Waals surface area contributed by atoms with Gasteiger partial charge in [-0.15, -0.1) is 0 Å². The van der Waals surface area contributed by atoms with Crippen LogP contribution in [0.4, 0.5) is 4.79 Å². The minimum Gasteiger partial charge on any atom is -0.467 e. The lowest BCUT2D eigenvalue weighted by molar-refractivity contribution is -0.0810. The zero-order chi connectivity index (χ0) is 11.3. The topological polar surface area (TPSA) is 88.9 Å². The summed E-state index contributed by atoms with van der Waals surface area (Å²) < 4.78 is 10.3. The molecule has 6 heteroatoms. The molecule has 2 amide bonds. The van der Waals surface area contributed by atoms with Gasteiger partial charge in [0.15, 0.2) is 0 Å².